The monoisotopic (exact) mass is 300 g/mol. The average Bonchev–Trinajstić information content (AvgIpc) is 2.86. The number of nitrogens with zero attached hydrogens (tertiary/aromatic N) is 1. The van der Waals surface area contributed by atoms with Gasteiger partial charge in [-0.3, -0.25) is 19.9 Å². The second-order valence-corrected chi connectivity index (χ2v) is 5.42. The summed E-state index contributed by atoms with van der Waals surface area (Å²) in [5, 5.41) is 2.75. The Morgan fingerprint density at radius 3 is 2.85 bits per heavy atom. The van der Waals surface area contributed by atoms with Crippen LogP contribution in [0.25, 0.3) is 0 Å². The first-order valence-electron chi connectivity index (χ1n) is 6.10. The van der Waals surface area contributed by atoms with E-state index in [2.05, 4.69) is 10.7 Å². The fraction of sp³-hybridized carbons (Fsp3) is 0.500. The number of hydrogen-bond acceptors (Lipinski definition) is 6. The summed E-state index contributed by atoms with van der Waals surface area (Å²) >= 11 is 1.36. The molecule has 0 atom stereocenters. The molecule has 4 N–H and O–H groups in total. The maximum absolute atomic E-state index is 11.6. The number of carbonyl (C=O) groups is 2. The van der Waals surface area contributed by atoms with E-state index in [0.29, 0.717) is 31.1 Å². The highest BCUT2D eigenvalue weighted by Crippen LogP contribution is 2.17. The number of amides is 2. The number of nitrogen functional groups attached to an aromatic ring is 1. The Labute approximate surface area is 122 Å². The van der Waals surface area contributed by atoms with Crippen molar-refractivity contribution in [2.75, 3.05) is 33.9 Å². The molecule has 0 aromatic carbocycles. The lowest BCUT2D eigenvalue weighted by Crippen LogP contribution is -2.36. The van der Waals surface area contributed by atoms with Crippen molar-refractivity contribution in [1.82, 2.24) is 15.6 Å². The number of hydrogen-bond donors (Lipinski definition) is 3. The Balaban J connectivity index is 2.38. The molecule has 7 nitrogen and oxygen atoms in total. The van der Waals surface area contributed by atoms with Crippen LogP contribution in [0.15, 0.2) is 12.1 Å². The van der Waals surface area contributed by atoms with Crippen LogP contribution in [-0.2, 0) is 16.1 Å². The van der Waals surface area contributed by atoms with E-state index in [1.165, 1.54) is 11.3 Å². The van der Waals surface area contributed by atoms with E-state index in [-0.39, 0.29) is 11.8 Å². The van der Waals surface area contributed by atoms with Gasteiger partial charge < -0.3 is 10.1 Å². The molecular weight excluding hydrogens is 280 g/mol. The van der Waals surface area contributed by atoms with Crippen molar-refractivity contribution in [3.63, 3.8) is 0 Å². The number of rotatable bonds is 8. The smallest absolute Gasteiger partial charge is 0.275 e. The molecule has 1 rings (SSSR count). The molecule has 8 heteroatoms. The molecule has 2 amide bonds. The second kappa shape index (κ2) is 8.64. The molecule has 0 unspecified atom stereocenters. The third kappa shape index (κ3) is 5.66. The summed E-state index contributed by atoms with van der Waals surface area (Å²) in [6.45, 7) is 1.89. The zero-order valence-corrected chi connectivity index (χ0v) is 12.5. The highest BCUT2D eigenvalue weighted by atomic mass is 32.1. The topological polar surface area (TPSA) is 96.7 Å². The predicted octanol–water partition coefficient (Wildman–Crippen LogP) is -0.454. The number of nitrogens with two attached hydrogens (primary N) is 1. The number of methoxy groups -OCH3 is 1. The third-order valence-corrected chi connectivity index (χ3v) is 3.55. The lowest BCUT2D eigenvalue weighted by molar-refractivity contribution is -0.122. The van der Waals surface area contributed by atoms with Gasteiger partial charge in [-0.25, -0.2) is 5.84 Å². The van der Waals surface area contributed by atoms with Crippen molar-refractivity contribution in [3.05, 3.63) is 21.9 Å². The van der Waals surface area contributed by atoms with Crippen LogP contribution in [0.3, 0.4) is 0 Å². The van der Waals surface area contributed by atoms with E-state index in [1.54, 1.807) is 13.2 Å². The molecule has 0 saturated carbocycles. The molecule has 20 heavy (non-hydrogen) atoms. The molecule has 1 aromatic rings. The molecule has 1 heterocycles. The van der Waals surface area contributed by atoms with Crippen LogP contribution in [0.1, 0.15) is 14.5 Å². The van der Waals surface area contributed by atoms with Gasteiger partial charge in [-0.1, -0.05) is 0 Å². The van der Waals surface area contributed by atoms with Crippen LogP contribution < -0.4 is 16.6 Å². The van der Waals surface area contributed by atoms with E-state index in [0.717, 1.165) is 4.88 Å². The summed E-state index contributed by atoms with van der Waals surface area (Å²) in [5.41, 5.74) is 2.09. The van der Waals surface area contributed by atoms with Crippen molar-refractivity contribution < 1.29 is 14.3 Å². The minimum absolute atomic E-state index is 0.0546. The average molecular weight is 300 g/mol. The maximum Gasteiger partial charge on any atom is 0.275 e. The molecule has 0 radical (unpaired) electrons. The molecule has 0 spiro atoms. The highest BCUT2D eigenvalue weighted by Gasteiger charge is 2.11. The van der Waals surface area contributed by atoms with Crippen LogP contribution in [-0.4, -0.2) is 50.6 Å². The summed E-state index contributed by atoms with van der Waals surface area (Å²) in [6, 6.07) is 3.57. The Bertz CT molecular complexity index is 450. The highest BCUT2D eigenvalue weighted by molar-refractivity contribution is 7.14. The number of carbonyl (C=O) groups excluding carboxylic acids is 2. The first-order chi connectivity index (χ1) is 9.56. The standard InChI is InChI=1S/C12H20N4O3S/c1-16(8-11(17)14-5-6-19-2)7-9-3-4-10(20-9)12(18)15-13/h3-4H,5-8,13H2,1-2H3,(H,14,17)(H,15,18). The summed E-state index contributed by atoms with van der Waals surface area (Å²) in [4.78, 5) is 26.3. The second-order valence-electron chi connectivity index (χ2n) is 4.25. The Morgan fingerprint density at radius 2 is 2.20 bits per heavy atom. The lowest BCUT2D eigenvalue weighted by atomic mass is 10.4. The van der Waals surface area contributed by atoms with Gasteiger partial charge in [0.05, 0.1) is 18.0 Å². The van der Waals surface area contributed by atoms with Crippen LogP contribution in [0, 0.1) is 0 Å². The van der Waals surface area contributed by atoms with Gasteiger partial charge in [-0.2, -0.15) is 0 Å². The van der Waals surface area contributed by atoms with E-state index >= 15 is 0 Å². The number of likely N-dealkylation sites (N-methyl/N-ethyl adjacent to an activating group) is 1. The van der Waals surface area contributed by atoms with Gasteiger partial charge in [-0.05, 0) is 19.2 Å². The van der Waals surface area contributed by atoms with Crippen LogP contribution in [0.5, 0.6) is 0 Å². The number of ether oxygens (including phenoxy) is 1. The van der Waals surface area contributed by atoms with Gasteiger partial charge in [0.25, 0.3) is 5.91 Å². The molecule has 0 aliphatic heterocycles. The van der Waals surface area contributed by atoms with Crippen molar-refractivity contribution >= 4 is 23.2 Å². The van der Waals surface area contributed by atoms with Crippen LogP contribution in [0.4, 0.5) is 0 Å². The van der Waals surface area contributed by atoms with Crippen molar-refractivity contribution in [2.45, 2.75) is 6.54 Å². The third-order valence-electron chi connectivity index (χ3n) is 2.48. The van der Waals surface area contributed by atoms with Crippen LogP contribution >= 0.6 is 11.3 Å². The number of hydrazine groups is 1. The molecular formula is C12H20N4O3S. The minimum atomic E-state index is -0.304. The Kier molecular flexibility index (Phi) is 7.16. The molecule has 0 aliphatic rings. The summed E-state index contributed by atoms with van der Waals surface area (Å²) in [5.74, 6) is 4.71. The summed E-state index contributed by atoms with van der Waals surface area (Å²) < 4.78 is 4.85. The largest absolute Gasteiger partial charge is 0.383 e. The fourth-order valence-corrected chi connectivity index (χ4v) is 2.56. The SMILES string of the molecule is COCCNC(=O)CN(C)Cc1ccc(C(=O)NN)s1. The van der Waals surface area contributed by atoms with Crippen LogP contribution in [0.2, 0.25) is 0 Å². The molecule has 0 fully saturated rings. The predicted molar refractivity (Wildman–Crippen MR) is 77.2 cm³/mol. The fourth-order valence-electron chi connectivity index (χ4n) is 1.57. The summed E-state index contributed by atoms with van der Waals surface area (Å²) in [6.07, 6.45) is 0. The molecule has 112 valence electrons. The van der Waals surface area contributed by atoms with E-state index in [1.807, 2.05) is 18.0 Å². The molecule has 0 aliphatic carbocycles. The number of thiophene rings is 1. The van der Waals surface area contributed by atoms with Gasteiger partial charge in [0.1, 0.15) is 0 Å². The van der Waals surface area contributed by atoms with Crippen molar-refractivity contribution in [1.29, 1.82) is 0 Å². The summed E-state index contributed by atoms with van der Waals surface area (Å²) in [7, 11) is 3.43. The van der Waals surface area contributed by atoms with Gasteiger partial charge in [0.15, 0.2) is 0 Å². The zero-order chi connectivity index (χ0) is 15.0. The number of nitrogens with one attached hydrogen (secondary N) is 2. The minimum Gasteiger partial charge on any atom is -0.383 e. The van der Waals surface area contributed by atoms with Crippen molar-refractivity contribution in [3.8, 4) is 0 Å². The molecule has 1 aromatic heterocycles. The Hall–Kier alpha value is -1.48. The zero-order valence-electron chi connectivity index (χ0n) is 11.6. The van der Waals surface area contributed by atoms with E-state index < -0.39 is 0 Å². The maximum atomic E-state index is 11.6. The van der Waals surface area contributed by atoms with Gasteiger partial charge >= 0.3 is 0 Å². The Morgan fingerprint density at radius 1 is 1.45 bits per heavy atom. The quantitative estimate of drug-likeness (QED) is 0.261. The molecule has 0 saturated heterocycles. The normalized spacial score (nSPS) is 10.6. The van der Waals surface area contributed by atoms with E-state index in [9.17, 15) is 9.59 Å². The first kappa shape index (κ1) is 16.6. The van der Waals surface area contributed by atoms with E-state index in [4.69, 9.17) is 10.6 Å². The first-order valence-corrected chi connectivity index (χ1v) is 6.92. The molecule has 0 bridgehead atoms. The van der Waals surface area contributed by atoms with Gasteiger partial charge in [-0.15, -0.1) is 11.3 Å². The van der Waals surface area contributed by atoms with Crippen molar-refractivity contribution in [2.24, 2.45) is 5.84 Å². The van der Waals surface area contributed by atoms with Gasteiger partial charge in [0.2, 0.25) is 5.91 Å². The lowest BCUT2D eigenvalue weighted by Gasteiger charge is -2.15. The van der Waals surface area contributed by atoms with Gasteiger partial charge in [0, 0.05) is 25.1 Å².